The van der Waals surface area contributed by atoms with Crippen molar-refractivity contribution in [1.82, 2.24) is 0 Å². The van der Waals surface area contributed by atoms with Crippen LogP contribution in [0.25, 0.3) is 0 Å². The predicted molar refractivity (Wildman–Crippen MR) is 80.6 cm³/mol. The molecule has 104 valence electrons. The Balaban J connectivity index is 2.08. The van der Waals surface area contributed by atoms with Gasteiger partial charge in [0.05, 0.1) is 0 Å². The van der Waals surface area contributed by atoms with Crippen LogP contribution in [0.1, 0.15) is 44.1 Å². The Bertz CT molecular complexity index is 538. The van der Waals surface area contributed by atoms with Gasteiger partial charge >= 0.3 is 0 Å². The summed E-state index contributed by atoms with van der Waals surface area (Å²) < 4.78 is 0. The van der Waals surface area contributed by atoms with Gasteiger partial charge in [-0.1, -0.05) is 43.3 Å². The molecular weight excluding hydrogens is 248 g/mol. The third-order valence-electron chi connectivity index (χ3n) is 3.65. The van der Waals surface area contributed by atoms with Crippen molar-refractivity contribution in [3.63, 3.8) is 0 Å². The first-order chi connectivity index (χ1) is 9.70. The van der Waals surface area contributed by atoms with Crippen molar-refractivity contribution in [1.29, 1.82) is 0 Å². The lowest BCUT2D eigenvalue weighted by atomic mass is 9.91. The highest BCUT2D eigenvalue weighted by Crippen LogP contribution is 2.22. The van der Waals surface area contributed by atoms with E-state index in [1.807, 2.05) is 43.3 Å². The molecule has 0 aromatic heterocycles. The highest BCUT2D eigenvalue weighted by atomic mass is 16.1. The molecule has 20 heavy (non-hydrogen) atoms. The van der Waals surface area contributed by atoms with E-state index in [0.717, 1.165) is 30.4 Å². The number of allylic oxidation sites excluding steroid dienone is 4. The molecule has 0 saturated heterocycles. The Morgan fingerprint density at radius 1 is 1.25 bits per heavy atom. The van der Waals surface area contributed by atoms with Crippen LogP contribution in [-0.4, -0.2) is 11.6 Å². The summed E-state index contributed by atoms with van der Waals surface area (Å²) in [6, 6.07) is 9.84. The minimum absolute atomic E-state index is 0.0904. The molecule has 0 spiro atoms. The fourth-order valence-corrected chi connectivity index (χ4v) is 2.54. The molecule has 2 heteroatoms. The topological polar surface area (TPSA) is 34.1 Å². The number of rotatable bonds is 5. The van der Waals surface area contributed by atoms with Crippen LogP contribution in [0.2, 0.25) is 0 Å². The average molecular weight is 268 g/mol. The van der Waals surface area contributed by atoms with Gasteiger partial charge in [0.1, 0.15) is 0 Å². The molecule has 0 aliphatic heterocycles. The van der Waals surface area contributed by atoms with Crippen LogP contribution in [0.5, 0.6) is 0 Å². The molecule has 0 saturated carbocycles. The van der Waals surface area contributed by atoms with E-state index in [0.29, 0.717) is 6.42 Å². The smallest absolute Gasteiger partial charge is 0.163 e. The fourth-order valence-electron chi connectivity index (χ4n) is 2.54. The van der Waals surface area contributed by atoms with E-state index in [9.17, 15) is 9.59 Å². The second-order valence-electron chi connectivity index (χ2n) is 5.15. The molecule has 0 N–H and O–H groups in total. The number of hydrogen-bond acceptors (Lipinski definition) is 2. The van der Waals surface area contributed by atoms with Gasteiger partial charge in [-0.25, -0.2) is 0 Å². The predicted octanol–water partition coefficient (Wildman–Crippen LogP) is 3.98. The molecule has 0 bridgehead atoms. The Kier molecular flexibility index (Phi) is 5.05. The number of benzene rings is 1. The highest BCUT2D eigenvalue weighted by Gasteiger charge is 2.16. The summed E-state index contributed by atoms with van der Waals surface area (Å²) in [5, 5.41) is 0. The monoisotopic (exact) mass is 268 g/mol. The zero-order valence-corrected chi connectivity index (χ0v) is 11.8. The number of ketones is 2. The van der Waals surface area contributed by atoms with Gasteiger partial charge in [-0.3, -0.25) is 9.59 Å². The van der Waals surface area contributed by atoms with Crippen molar-refractivity contribution in [2.75, 3.05) is 0 Å². The molecule has 1 aromatic rings. The normalized spacial score (nSPS) is 17.1. The molecule has 2 nitrogen and oxygen atoms in total. The molecule has 0 fully saturated rings. The van der Waals surface area contributed by atoms with Crippen molar-refractivity contribution >= 4 is 11.6 Å². The highest BCUT2D eigenvalue weighted by molar-refractivity contribution is 5.96. The minimum atomic E-state index is -0.0904. The third-order valence-corrected chi connectivity index (χ3v) is 3.65. The number of hydrogen-bond donors (Lipinski definition) is 0. The van der Waals surface area contributed by atoms with Gasteiger partial charge in [0.25, 0.3) is 0 Å². The van der Waals surface area contributed by atoms with E-state index in [4.69, 9.17) is 0 Å². The summed E-state index contributed by atoms with van der Waals surface area (Å²) in [5.74, 6) is 0.184. The summed E-state index contributed by atoms with van der Waals surface area (Å²) in [6.45, 7) is 2.02. The average Bonchev–Trinajstić information content (AvgIpc) is 2.47. The SMILES string of the molecule is CCC(C(=O)/C=C/C1=CC(=O)CCC1)c1ccccc1. The van der Waals surface area contributed by atoms with Crippen LogP contribution >= 0.6 is 0 Å². The molecule has 1 aromatic carbocycles. The first kappa shape index (κ1) is 14.4. The van der Waals surface area contributed by atoms with Crippen LogP contribution < -0.4 is 0 Å². The van der Waals surface area contributed by atoms with Crippen LogP contribution in [0, 0.1) is 0 Å². The molecular formula is C18H20O2. The first-order valence-corrected chi connectivity index (χ1v) is 7.21. The molecule has 0 amide bonds. The molecule has 1 unspecified atom stereocenters. The summed E-state index contributed by atoms with van der Waals surface area (Å²) in [4.78, 5) is 23.6. The Morgan fingerprint density at radius 2 is 2.00 bits per heavy atom. The largest absolute Gasteiger partial charge is 0.295 e. The van der Waals surface area contributed by atoms with Gasteiger partial charge in [0.15, 0.2) is 11.6 Å². The van der Waals surface area contributed by atoms with E-state index in [-0.39, 0.29) is 17.5 Å². The van der Waals surface area contributed by atoms with Gasteiger partial charge in [0, 0.05) is 12.3 Å². The second-order valence-corrected chi connectivity index (χ2v) is 5.15. The standard InChI is InChI=1S/C18H20O2/c1-2-17(15-8-4-3-5-9-15)18(20)12-11-14-7-6-10-16(19)13-14/h3-5,8-9,11-13,17H,2,6-7,10H2,1H3/b12-11+. The van der Waals surface area contributed by atoms with Crippen LogP contribution in [0.4, 0.5) is 0 Å². The maximum absolute atomic E-state index is 12.3. The molecule has 2 rings (SSSR count). The van der Waals surface area contributed by atoms with Crippen LogP contribution in [-0.2, 0) is 9.59 Å². The molecule has 0 radical (unpaired) electrons. The van der Waals surface area contributed by atoms with E-state index in [2.05, 4.69) is 0 Å². The Labute approximate surface area is 120 Å². The first-order valence-electron chi connectivity index (χ1n) is 7.21. The Morgan fingerprint density at radius 3 is 2.65 bits per heavy atom. The summed E-state index contributed by atoms with van der Waals surface area (Å²) in [7, 11) is 0. The van der Waals surface area contributed by atoms with Crippen LogP contribution in [0.3, 0.4) is 0 Å². The van der Waals surface area contributed by atoms with E-state index in [1.165, 1.54) is 0 Å². The lowest BCUT2D eigenvalue weighted by Gasteiger charge is -2.12. The van der Waals surface area contributed by atoms with Gasteiger partial charge in [-0.2, -0.15) is 0 Å². The zero-order valence-electron chi connectivity index (χ0n) is 11.8. The summed E-state index contributed by atoms with van der Waals surface area (Å²) in [5.41, 5.74) is 2.02. The number of carbonyl (C=O) groups excluding carboxylic acids is 2. The lowest BCUT2D eigenvalue weighted by Crippen LogP contribution is -2.09. The van der Waals surface area contributed by atoms with Gasteiger partial charge in [0.2, 0.25) is 0 Å². The molecule has 1 atom stereocenters. The van der Waals surface area contributed by atoms with Gasteiger partial charge in [-0.15, -0.1) is 0 Å². The van der Waals surface area contributed by atoms with Crippen molar-refractivity contribution < 1.29 is 9.59 Å². The van der Waals surface area contributed by atoms with Gasteiger partial charge in [-0.05, 0) is 42.6 Å². The molecule has 0 heterocycles. The van der Waals surface area contributed by atoms with Crippen LogP contribution in [0.15, 0.2) is 54.1 Å². The number of carbonyl (C=O) groups is 2. The maximum Gasteiger partial charge on any atom is 0.163 e. The third kappa shape index (κ3) is 3.77. The lowest BCUT2D eigenvalue weighted by molar-refractivity contribution is -0.116. The molecule has 1 aliphatic carbocycles. The van der Waals surface area contributed by atoms with Crippen molar-refractivity contribution in [2.24, 2.45) is 0 Å². The maximum atomic E-state index is 12.3. The zero-order chi connectivity index (χ0) is 14.4. The van der Waals surface area contributed by atoms with E-state index >= 15 is 0 Å². The van der Waals surface area contributed by atoms with Crippen molar-refractivity contribution in [3.05, 3.63) is 59.7 Å². The van der Waals surface area contributed by atoms with Crippen molar-refractivity contribution in [2.45, 2.75) is 38.5 Å². The summed E-state index contributed by atoms with van der Waals surface area (Å²) >= 11 is 0. The molecule has 1 aliphatic rings. The van der Waals surface area contributed by atoms with Crippen molar-refractivity contribution in [3.8, 4) is 0 Å². The van der Waals surface area contributed by atoms with E-state index in [1.54, 1.807) is 12.2 Å². The van der Waals surface area contributed by atoms with Gasteiger partial charge < -0.3 is 0 Å². The van der Waals surface area contributed by atoms with E-state index < -0.39 is 0 Å². The second kappa shape index (κ2) is 6.99. The summed E-state index contributed by atoms with van der Waals surface area (Å²) in [6.07, 6.45) is 8.29. The quantitative estimate of drug-likeness (QED) is 0.757. The minimum Gasteiger partial charge on any atom is -0.295 e. The fraction of sp³-hybridized carbons (Fsp3) is 0.333. The Hall–Kier alpha value is -1.96.